The summed E-state index contributed by atoms with van der Waals surface area (Å²) < 4.78 is 10.0. The number of pyridine rings is 1. The zero-order valence-electron chi connectivity index (χ0n) is 12.9. The zero-order valence-corrected chi connectivity index (χ0v) is 12.9. The maximum atomic E-state index is 11.8. The van der Waals surface area contributed by atoms with E-state index >= 15 is 0 Å². The fourth-order valence-corrected chi connectivity index (χ4v) is 1.59. The summed E-state index contributed by atoms with van der Waals surface area (Å²) in [5.74, 6) is -1.02. The molecule has 8 nitrogen and oxygen atoms in total. The highest BCUT2D eigenvalue weighted by molar-refractivity contribution is 5.75. The minimum Gasteiger partial charge on any atom is -0.495 e. The van der Waals surface area contributed by atoms with E-state index in [9.17, 15) is 14.7 Å². The number of alkyl carbamates (subject to hydrolysis) is 1. The van der Waals surface area contributed by atoms with Crippen LogP contribution in [0.2, 0.25) is 0 Å². The average Bonchev–Trinajstić information content (AvgIpc) is 2.42. The summed E-state index contributed by atoms with van der Waals surface area (Å²) in [5, 5.41) is 21.1. The summed E-state index contributed by atoms with van der Waals surface area (Å²) >= 11 is 0. The number of aromatic nitrogens is 1. The molecule has 0 fully saturated rings. The van der Waals surface area contributed by atoms with Gasteiger partial charge in [0.1, 0.15) is 17.4 Å². The fourth-order valence-electron chi connectivity index (χ4n) is 1.59. The van der Waals surface area contributed by atoms with E-state index in [1.54, 1.807) is 26.8 Å². The van der Waals surface area contributed by atoms with Gasteiger partial charge in [-0.3, -0.25) is 4.98 Å². The molecule has 8 heteroatoms. The molecule has 1 aromatic heterocycles. The summed E-state index contributed by atoms with van der Waals surface area (Å²) in [4.78, 5) is 26.8. The number of amides is 1. The molecule has 1 rings (SSSR count). The number of carboxylic acids is 1. The minimum atomic E-state index is -1.87. The van der Waals surface area contributed by atoms with Gasteiger partial charge in [0.25, 0.3) is 0 Å². The highest BCUT2D eigenvalue weighted by atomic mass is 16.6. The van der Waals surface area contributed by atoms with Crippen molar-refractivity contribution in [3.05, 3.63) is 24.0 Å². The van der Waals surface area contributed by atoms with Crippen LogP contribution in [0, 0.1) is 0 Å². The molecule has 0 unspecified atom stereocenters. The van der Waals surface area contributed by atoms with Crippen LogP contribution in [0.3, 0.4) is 0 Å². The number of nitrogens with zero attached hydrogens (tertiary/aromatic N) is 1. The van der Waals surface area contributed by atoms with Gasteiger partial charge in [0.2, 0.25) is 0 Å². The van der Waals surface area contributed by atoms with Crippen molar-refractivity contribution in [3.63, 3.8) is 0 Å². The molecular formula is C14H20N2O6. The molecule has 22 heavy (non-hydrogen) atoms. The third kappa shape index (κ3) is 5.21. The van der Waals surface area contributed by atoms with Gasteiger partial charge in [-0.25, -0.2) is 9.59 Å². The second-order valence-corrected chi connectivity index (χ2v) is 5.53. The molecule has 1 aromatic rings. The smallest absolute Gasteiger partial charge is 0.408 e. The van der Waals surface area contributed by atoms with Crippen molar-refractivity contribution in [2.24, 2.45) is 0 Å². The highest BCUT2D eigenvalue weighted by Gasteiger charge is 2.31. The number of ether oxygens (including phenoxy) is 2. The highest BCUT2D eigenvalue weighted by Crippen LogP contribution is 2.19. The van der Waals surface area contributed by atoms with E-state index in [0.29, 0.717) is 5.75 Å². The number of carbonyl (C=O) groups excluding carboxylic acids is 1. The first-order valence-corrected chi connectivity index (χ1v) is 6.54. The predicted molar refractivity (Wildman–Crippen MR) is 76.5 cm³/mol. The van der Waals surface area contributed by atoms with Crippen LogP contribution in [0.4, 0.5) is 4.79 Å². The molecule has 0 saturated heterocycles. The van der Waals surface area contributed by atoms with E-state index in [-0.39, 0.29) is 5.69 Å². The topological polar surface area (TPSA) is 118 Å². The number of carbonyl (C=O) groups is 2. The summed E-state index contributed by atoms with van der Waals surface area (Å²) in [6.45, 7) is 5.00. The molecule has 0 aliphatic rings. The molecule has 0 aliphatic carbocycles. The van der Waals surface area contributed by atoms with Crippen molar-refractivity contribution in [1.29, 1.82) is 0 Å². The van der Waals surface area contributed by atoms with E-state index in [4.69, 9.17) is 14.6 Å². The molecular weight excluding hydrogens is 292 g/mol. The number of hydrogen-bond donors (Lipinski definition) is 3. The Morgan fingerprint density at radius 2 is 1.95 bits per heavy atom. The number of rotatable bonds is 5. The summed E-state index contributed by atoms with van der Waals surface area (Å²) in [6, 6.07) is 1.74. The first-order valence-electron chi connectivity index (χ1n) is 6.54. The third-order valence-corrected chi connectivity index (χ3v) is 2.55. The molecule has 0 saturated carbocycles. The van der Waals surface area contributed by atoms with E-state index in [1.807, 2.05) is 0 Å². The SMILES string of the molecule is COc1ccc([C@H](NC(=O)OC(C)(C)C)[C@@H](O)C(=O)O)nc1. The lowest BCUT2D eigenvalue weighted by atomic mass is 10.1. The molecule has 1 amide bonds. The lowest BCUT2D eigenvalue weighted by molar-refractivity contribution is -0.148. The van der Waals surface area contributed by atoms with Crippen LogP contribution in [0.5, 0.6) is 5.75 Å². The van der Waals surface area contributed by atoms with E-state index in [0.717, 1.165) is 0 Å². The standard InChI is InChI=1S/C14H20N2O6/c1-14(2,3)22-13(20)16-10(11(17)12(18)19)9-6-5-8(21-4)7-15-9/h5-7,10-11,17H,1-4H3,(H,16,20)(H,18,19)/t10-,11+/m0/s1. The quantitative estimate of drug-likeness (QED) is 0.745. The Kier molecular flexibility index (Phi) is 5.69. The van der Waals surface area contributed by atoms with Gasteiger partial charge in [-0.15, -0.1) is 0 Å². The van der Waals surface area contributed by atoms with Gasteiger partial charge in [-0.05, 0) is 32.9 Å². The maximum absolute atomic E-state index is 11.8. The summed E-state index contributed by atoms with van der Waals surface area (Å²) in [7, 11) is 1.46. The van der Waals surface area contributed by atoms with Gasteiger partial charge in [-0.1, -0.05) is 0 Å². The first kappa shape index (κ1) is 17.7. The monoisotopic (exact) mass is 312 g/mol. The number of carboxylic acid groups (broad SMARTS) is 1. The molecule has 3 N–H and O–H groups in total. The summed E-state index contributed by atoms with van der Waals surface area (Å²) in [5.41, 5.74) is -0.586. The Balaban J connectivity index is 2.97. The Morgan fingerprint density at radius 1 is 1.32 bits per heavy atom. The number of aliphatic hydroxyl groups excluding tert-OH is 1. The lowest BCUT2D eigenvalue weighted by Crippen LogP contribution is -2.42. The number of methoxy groups -OCH3 is 1. The fraction of sp³-hybridized carbons (Fsp3) is 0.500. The van der Waals surface area contributed by atoms with Crippen molar-refractivity contribution in [2.45, 2.75) is 38.5 Å². The Labute approximate surface area is 128 Å². The number of aliphatic hydroxyl groups is 1. The van der Waals surface area contributed by atoms with E-state index in [1.165, 1.54) is 19.4 Å². The maximum Gasteiger partial charge on any atom is 0.408 e. The number of nitrogens with one attached hydrogen (secondary N) is 1. The molecule has 0 bridgehead atoms. The largest absolute Gasteiger partial charge is 0.495 e. The second kappa shape index (κ2) is 7.08. The molecule has 122 valence electrons. The van der Waals surface area contributed by atoms with Crippen molar-refractivity contribution in [3.8, 4) is 5.75 Å². The van der Waals surface area contributed by atoms with E-state index < -0.39 is 29.8 Å². The third-order valence-electron chi connectivity index (χ3n) is 2.55. The van der Waals surface area contributed by atoms with Gasteiger partial charge >= 0.3 is 12.1 Å². The van der Waals surface area contributed by atoms with Crippen LogP contribution in [0.25, 0.3) is 0 Å². The Bertz CT molecular complexity index is 523. The first-order chi connectivity index (χ1) is 10.1. The van der Waals surface area contributed by atoms with Gasteiger partial charge in [0, 0.05) is 0 Å². The minimum absolute atomic E-state index is 0.168. The predicted octanol–water partition coefficient (Wildman–Crippen LogP) is 1.10. The summed E-state index contributed by atoms with van der Waals surface area (Å²) in [6.07, 6.45) is -1.36. The Hall–Kier alpha value is -2.35. The Morgan fingerprint density at radius 3 is 2.36 bits per heavy atom. The lowest BCUT2D eigenvalue weighted by Gasteiger charge is -2.24. The number of aliphatic carboxylic acids is 1. The van der Waals surface area contributed by atoms with Crippen molar-refractivity contribution < 1.29 is 29.3 Å². The van der Waals surface area contributed by atoms with Gasteiger partial charge in [0.05, 0.1) is 19.0 Å². The van der Waals surface area contributed by atoms with Crippen LogP contribution < -0.4 is 10.1 Å². The number of hydrogen-bond acceptors (Lipinski definition) is 6. The van der Waals surface area contributed by atoms with Crippen molar-refractivity contribution >= 4 is 12.1 Å². The molecule has 0 spiro atoms. The van der Waals surface area contributed by atoms with Gasteiger partial charge < -0.3 is 25.0 Å². The second-order valence-electron chi connectivity index (χ2n) is 5.53. The van der Waals surface area contributed by atoms with Crippen LogP contribution in [0.15, 0.2) is 18.3 Å². The van der Waals surface area contributed by atoms with Gasteiger partial charge in [-0.2, -0.15) is 0 Å². The van der Waals surface area contributed by atoms with Crippen LogP contribution in [-0.2, 0) is 9.53 Å². The normalized spacial score (nSPS) is 13.9. The molecule has 0 aliphatic heterocycles. The molecule has 0 aromatic carbocycles. The average molecular weight is 312 g/mol. The van der Waals surface area contributed by atoms with E-state index in [2.05, 4.69) is 10.3 Å². The molecule has 0 radical (unpaired) electrons. The van der Waals surface area contributed by atoms with Crippen molar-refractivity contribution in [1.82, 2.24) is 10.3 Å². The molecule has 2 atom stereocenters. The van der Waals surface area contributed by atoms with Crippen LogP contribution in [0.1, 0.15) is 32.5 Å². The van der Waals surface area contributed by atoms with Gasteiger partial charge in [0.15, 0.2) is 6.10 Å². The molecule has 1 heterocycles. The van der Waals surface area contributed by atoms with Crippen LogP contribution in [-0.4, -0.2) is 46.1 Å². The van der Waals surface area contributed by atoms with Crippen LogP contribution >= 0.6 is 0 Å². The van der Waals surface area contributed by atoms with Crippen molar-refractivity contribution in [2.75, 3.05) is 7.11 Å². The zero-order chi connectivity index (χ0) is 16.9.